The molecule has 0 aromatic heterocycles. The van der Waals surface area contributed by atoms with Crippen LogP contribution in [0.1, 0.15) is 11.1 Å². The number of ether oxygens (including phenoxy) is 1. The van der Waals surface area contributed by atoms with Gasteiger partial charge in [0.2, 0.25) is 0 Å². The molecule has 2 aromatic rings. The Balaban J connectivity index is 2.20. The summed E-state index contributed by atoms with van der Waals surface area (Å²) < 4.78 is 56.7. The fraction of sp³-hybridized carbons (Fsp3) is 0.143. The molecule has 20 heavy (non-hydrogen) atoms. The van der Waals surface area contributed by atoms with Crippen LogP contribution in [0.5, 0.6) is 5.75 Å². The highest BCUT2D eigenvalue weighted by molar-refractivity contribution is 6.74. The van der Waals surface area contributed by atoms with Crippen molar-refractivity contribution in [2.75, 3.05) is 0 Å². The molecule has 106 valence electrons. The number of aryl methyl sites for hydroxylation is 1. The average molecular weight is 283 g/mol. The molecule has 0 aliphatic carbocycles. The van der Waals surface area contributed by atoms with Crippen LogP contribution in [0, 0.1) is 12.7 Å². The van der Waals surface area contributed by atoms with Gasteiger partial charge in [-0.05, 0) is 18.6 Å². The van der Waals surface area contributed by atoms with Crippen molar-refractivity contribution in [1.82, 2.24) is 0 Å². The molecule has 0 saturated heterocycles. The normalized spacial score (nSPS) is 11.4. The first-order chi connectivity index (χ1) is 9.36. The number of rotatable bonds is 4. The van der Waals surface area contributed by atoms with E-state index in [0.717, 1.165) is 23.3 Å². The zero-order chi connectivity index (χ0) is 14.8. The largest absolute Gasteiger partial charge is 0.513 e. The van der Waals surface area contributed by atoms with Crippen LogP contribution in [0.25, 0.3) is 0 Å². The topological polar surface area (TPSA) is 9.23 Å². The number of hydrogen-bond acceptors (Lipinski definition) is 1. The van der Waals surface area contributed by atoms with Gasteiger partial charge in [0, 0.05) is 6.07 Å². The second kappa shape index (κ2) is 5.57. The summed E-state index contributed by atoms with van der Waals surface area (Å²) in [4.78, 5) is 0. The van der Waals surface area contributed by atoms with E-state index >= 15 is 0 Å². The molecule has 2 aromatic carbocycles. The number of hydrogen-bond donors (Lipinski definition) is 0. The molecule has 0 fully saturated rings. The standard InChI is InChI=1S/C14H12BF4O/c1-10-2-4-11(5-3-10)9-20-14-8-12(16)6-7-13(14)15(17,18)19/h2-8H,9H2,1H3/q-1. The highest BCUT2D eigenvalue weighted by atomic mass is 19.4. The van der Waals surface area contributed by atoms with Crippen LogP contribution < -0.4 is 10.2 Å². The highest BCUT2D eigenvalue weighted by Gasteiger charge is 2.29. The third-order valence-electron chi connectivity index (χ3n) is 2.84. The van der Waals surface area contributed by atoms with Gasteiger partial charge in [-0.1, -0.05) is 41.4 Å². The Morgan fingerprint density at radius 3 is 2.25 bits per heavy atom. The van der Waals surface area contributed by atoms with Crippen molar-refractivity contribution < 1.29 is 22.1 Å². The lowest BCUT2D eigenvalue weighted by molar-refractivity contribution is 0.305. The monoisotopic (exact) mass is 283 g/mol. The molecule has 0 radical (unpaired) electrons. The van der Waals surface area contributed by atoms with Crippen molar-refractivity contribution in [3.8, 4) is 5.75 Å². The average Bonchev–Trinajstić information content (AvgIpc) is 2.36. The van der Waals surface area contributed by atoms with E-state index in [1.54, 1.807) is 12.1 Å². The Bertz CT molecular complexity index is 593. The Kier molecular flexibility index (Phi) is 4.02. The van der Waals surface area contributed by atoms with Crippen LogP contribution in [0.4, 0.5) is 17.3 Å². The minimum Gasteiger partial charge on any atom is -0.492 e. The van der Waals surface area contributed by atoms with Gasteiger partial charge in [-0.15, -0.1) is 0 Å². The first-order valence-corrected chi connectivity index (χ1v) is 6.04. The summed E-state index contributed by atoms with van der Waals surface area (Å²) in [5.41, 5.74) is 0.845. The summed E-state index contributed by atoms with van der Waals surface area (Å²) in [5.74, 6) is -1.23. The lowest BCUT2D eigenvalue weighted by atomic mass is 9.79. The van der Waals surface area contributed by atoms with Crippen LogP contribution in [0.15, 0.2) is 42.5 Å². The third kappa shape index (κ3) is 3.53. The Labute approximate surface area is 114 Å². The molecule has 0 saturated carbocycles. The molecular weight excluding hydrogens is 271 g/mol. The van der Waals surface area contributed by atoms with Gasteiger partial charge in [0.05, 0.1) is 5.75 Å². The van der Waals surface area contributed by atoms with Crippen molar-refractivity contribution in [2.45, 2.75) is 13.5 Å². The Morgan fingerprint density at radius 2 is 1.65 bits per heavy atom. The minimum absolute atomic E-state index is 0.0388. The third-order valence-corrected chi connectivity index (χ3v) is 2.84. The summed E-state index contributed by atoms with van der Waals surface area (Å²) in [7, 11) is 0. The molecule has 6 heteroatoms. The number of benzene rings is 2. The fourth-order valence-electron chi connectivity index (χ4n) is 1.75. The molecule has 0 aliphatic heterocycles. The van der Waals surface area contributed by atoms with E-state index in [9.17, 15) is 17.3 Å². The summed E-state index contributed by atoms with van der Waals surface area (Å²) in [6.45, 7) is -3.37. The predicted molar refractivity (Wildman–Crippen MR) is 70.6 cm³/mol. The van der Waals surface area contributed by atoms with E-state index in [0.29, 0.717) is 6.07 Å². The van der Waals surface area contributed by atoms with Gasteiger partial charge >= 0.3 is 6.98 Å². The van der Waals surface area contributed by atoms with Gasteiger partial charge < -0.3 is 17.7 Å². The van der Waals surface area contributed by atoms with Gasteiger partial charge in [0.1, 0.15) is 12.4 Å². The van der Waals surface area contributed by atoms with Gasteiger partial charge in [0.25, 0.3) is 0 Å². The molecule has 0 atom stereocenters. The SMILES string of the molecule is Cc1ccc(COc2cc(F)ccc2[B-](F)(F)F)cc1. The van der Waals surface area contributed by atoms with Crippen LogP contribution in [0.3, 0.4) is 0 Å². The lowest BCUT2D eigenvalue weighted by Gasteiger charge is -2.19. The second-order valence-corrected chi connectivity index (χ2v) is 4.53. The van der Waals surface area contributed by atoms with E-state index in [2.05, 4.69) is 0 Å². The minimum atomic E-state index is -5.23. The number of halogens is 4. The Hall–Kier alpha value is -1.98. The molecule has 0 aliphatic rings. The van der Waals surface area contributed by atoms with Gasteiger partial charge in [-0.25, -0.2) is 4.39 Å². The summed E-state index contributed by atoms with van der Waals surface area (Å²) in [6.07, 6.45) is 0. The zero-order valence-electron chi connectivity index (χ0n) is 10.7. The fourth-order valence-corrected chi connectivity index (χ4v) is 1.75. The van der Waals surface area contributed by atoms with Gasteiger partial charge in [-0.2, -0.15) is 0 Å². The van der Waals surface area contributed by atoms with Crippen molar-refractivity contribution >= 4 is 12.4 Å². The van der Waals surface area contributed by atoms with Crippen molar-refractivity contribution in [1.29, 1.82) is 0 Å². The molecule has 0 N–H and O–H groups in total. The van der Waals surface area contributed by atoms with E-state index < -0.39 is 24.0 Å². The quantitative estimate of drug-likeness (QED) is 0.613. The lowest BCUT2D eigenvalue weighted by Crippen LogP contribution is -2.35. The van der Waals surface area contributed by atoms with E-state index in [1.165, 1.54) is 0 Å². The Morgan fingerprint density at radius 1 is 1.00 bits per heavy atom. The molecule has 0 unspecified atom stereocenters. The van der Waals surface area contributed by atoms with Crippen molar-refractivity contribution in [3.63, 3.8) is 0 Å². The molecular formula is C14H12BF4O-. The molecule has 2 rings (SSSR count). The summed E-state index contributed by atoms with van der Waals surface area (Å²) in [6, 6.07) is 9.43. The molecule has 0 bridgehead atoms. The van der Waals surface area contributed by atoms with E-state index in [-0.39, 0.29) is 6.61 Å². The van der Waals surface area contributed by atoms with Gasteiger partial charge in [-0.3, -0.25) is 0 Å². The maximum atomic E-state index is 13.1. The predicted octanol–water partition coefficient (Wildman–Crippen LogP) is 3.77. The van der Waals surface area contributed by atoms with Crippen LogP contribution in [0.2, 0.25) is 0 Å². The maximum Gasteiger partial charge on any atom is 0.513 e. The first-order valence-electron chi connectivity index (χ1n) is 6.04. The van der Waals surface area contributed by atoms with Crippen molar-refractivity contribution in [3.05, 3.63) is 59.4 Å². The molecule has 0 heterocycles. The van der Waals surface area contributed by atoms with Gasteiger partial charge in [0.15, 0.2) is 0 Å². The van der Waals surface area contributed by atoms with Crippen molar-refractivity contribution in [2.24, 2.45) is 0 Å². The van der Waals surface area contributed by atoms with E-state index in [4.69, 9.17) is 4.74 Å². The zero-order valence-corrected chi connectivity index (χ0v) is 10.7. The summed E-state index contributed by atoms with van der Waals surface area (Å²) >= 11 is 0. The first kappa shape index (κ1) is 14.4. The van der Waals surface area contributed by atoms with E-state index in [1.807, 2.05) is 19.1 Å². The van der Waals surface area contributed by atoms with Crippen LogP contribution in [-0.4, -0.2) is 6.98 Å². The van der Waals surface area contributed by atoms with Crippen LogP contribution >= 0.6 is 0 Å². The molecule has 0 amide bonds. The smallest absolute Gasteiger partial charge is 0.492 e. The molecule has 0 spiro atoms. The highest BCUT2D eigenvalue weighted by Crippen LogP contribution is 2.20. The van der Waals surface area contributed by atoms with Crippen LogP contribution in [-0.2, 0) is 6.61 Å². The molecule has 1 nitrogen and oxygen atoms in total. The maximum absolute atomic E-state index is 13.1. The summed E-state index contributed by atoms with van der Waals surface area (Å²) in [5, 5.41) is 0. The second-order valence-electron chi connectivity index (χ2n) is 4.53.